The van der Waals surface area contributed by atoms with Gasteiger partial charge in [0, 0.05) is 5.57 Å². The van der Waals surface area contributed by atoms with Crippen molar-refractivity contribution in [3.63, 3.8) is 0 Å². The zero-order chi connectivity index (χ0) is 24.3. The van der Waals surface area contributed by atoms with Gasteiger partial charge in [-0.3, -0.25) is 0 Å². The number of benzene rings is 1. The molecule has 1 aromatic carbocycles. The fourth-order valence-corrected chi connectivity index (χ4v) is 2.89. The number of hydrogen-bond acceptors (Lipinski definition) is 2. The topological polar surface area (TPSA) is 18.5 Å². The molecule has 174 valence electrons. The highest BCUT2D eigenvalue weighted by atomic mass is 19.4. The Hall–Kier alpha value is -1.69. The Bertz CT molecular complexity index is 830. The van der Waals surface area contributed by atoms with Gasteiger partial charge in [-0.1, -0.05) is 30.3 Å². The summed E-state index contributed by atoms with van der Waals surface area (Å²) < 4.78 is 133. The summed E-state index contributed by atoms with van der Waals surface area (Å²) in [7, 11) is -1.73. The Morgan fingerprint density at radius 1 is 0.742 bits per heavy atom. The van der Waals surface area contributed by atoms with E-state index in [1.807, 2.05) is 0 Å². The van der Waals surface area contributed by atoms with E-state index in [1.165, 1.54) is 58.0 Å². The third-order valence-corrected chi connectivity index (χ3v) is 5.59. The van der Waals surface area contributed by atoms with E-state index >= 15 is 0 Å². The number of allylic oxidation sites excluding steroid dienone is 1. The van der Waals surface area contributed by atoms with Gasteiger partial charge in [-0.25, -0.2) is 0 Å². The van der Waals surface area contributed by atoms with Gasteiger partial charge in [0.05, 0.1) is 11.2 Å². The van der Waals surface area contributed by atoms with Gasteiger partial charge in [-0.2, -0.15) is 39.5 Å². The average molecular weight is 462 g/mol. The Balaban J connectivity index is 2.74. The molecule has 0 aliphatic carbocycles. The van der Waals surface area contributed by atoms with Gasteiger partial charge in [0.15, 0.2) is 0 Å². The summed E-state index contributed by atoms with van der Waals surface area (Å²) in [5, 5.41) is 0. The summed E-state index contributed by atoms with van der Waals surface area (Å²) >= 11 is 0. The standard InChI is InChI=1S/C19H20BF9O2/c1-11(16(21,22)17(23,24)18(25,26)19(27,28)29)13(12-9-7-6-8-10-12)20-30-14(2,3)15(4,5)31-20/h6-10H,1-5H3/b13-11+. The highest BCUT2D eigenvalue weighted by molar-refractivity contribution is 6.69. The minimum atomic E-state index is -7.00. The van der Waals surface area contributed by atoms with Crippen LogP contribution in [0.5, 0.6) is 0 Å². The van der Waals surface area contributed by atoms with Crippen LogP contribution in [-0.2, 0) is 9.31 Å². The predicted octanol–water partition coefficient (Wildman–Crippen LogP) is 6.56. The first-order valence-electron chi connectivity index (χ1n) is 9.03. The van der Waals surface area contributed by atoms with Crippen LogP contribution in [0, 0.1) is 0 Å². The van der Waals surface area contributed by atoms with E-state index in [2.05, 4.69) is 0 Å². The zero-order valence-electron chi connectivity index (χ0n) is 17.2. The molecule has 1 aliphatic rings. The molecule has 0 radical (unpaired) electrons. The lowest BCUT2D eigenvalue weighted by Gasteiger charge is -2.35. The lowest BCUT2D eigenvalue weighted by molar-refractivity contribution is -0.389. The molecule has 0 saturated carbocycles. The Kier molecular flexibility index (Phi) is 6.13. The van der Waals surface area contributed by atoms with Crippen LogP contribution in [-0.4, -0.2) is 42.3 Å². The molecule has 1 aromatic rings. The summed E-state index contributed by atoms with van der Waals surface area (Å²) in [6, 6.07) is 6.54. The molecule has 2 rings (SSSR count). The molecule has 2 nitrogen and oxygen atoms in total. The molecule has 31 heavy (non-hydrogen) atoms. The first-order chi connectivity index (χ1) is 13.7. The second kappa shape index (κ2) is 7.43. The minimum absolute atomic E-state index is 0.163. The van der Waals surface area contributed by atoms with Crippen molar-refractivity contribution in [2.24, 2.45) is 0 Å². The van der Waals surface area contributed by atoms with E-state index in [4.69, 9.17) is 9.31 Å². The second-order valence-corrected chi connectivity index (χ2v) is 8.21. The maximum atomic E-state index is 14.7. The third-order valence-electron chi connectivity index (χ3n) is 5.59. The molecule has 0 spiro atoms. The number of rotatable bonds is 5. The maximum Gasteiger partial charge on any atom is 0.495 e. The molecule has 1 heterocycles. The van der Waals surface area contributed by atoms with Gasteiger partial charge in [-0.05, 0) is 45.7 Å². The van der Waals surface area contributed by atoms with Crippen LogP contribution in [0.1, 0.15) is 40.2 Å². The van der Waals surface area contributed by atoms with Crippen LogP contribution in [0.25, 0.3) is 5.47 Å². The number of hydrogen-bond donors (Lipinski definition) is 0. The van der Waals surface area contributed by atoms with E-state index in [1.54, 1.807) is 0 Å². The Morgan fingerprint density at radius 2 is 1.16 bits per heavy atom. The first-order valence-corrected chi connectivity index (χ1v) is 9.03. The first kappa shape index (κ1) is 25.6. The quantitative estimate of drug-likeness (QED) is 0.365. The number of alkyl halides is 9. The zero-order valence-corrected chi connectivity index (χ0v) is 17.2. The minimum Gasteiger partial charge on any atom is -0.399 e. The van der Waals surface area contributed by atoms with E-state index in [-0.39, 0.29) is 5.56 Å². The van der Waals surface area contributed by atoms with E-state index in [9.17, 15) is 39.5 Å². The molecule has 0 bridgehead atoms. The molecular formula is C19H20BF9O2. The second-order valence-electron chi connectivity index (χ2n) is 8.21. The summed E-state index contributed by atoms with van der Waals surface area (Å²) in [6.07, 6.45) is -6.91. The van der Waals surface area contributed by atoms with Gasteiger partial charge in [0.1, 0.15) is 0 Å². The summed E-state index contributed by atoms with van der Waals surface area (Å²) in [6.45, 7) is 6.45. The van der Waals surface area contributed by atoms with Crippen molar-refractivity contribution in [3.8, 4) is 0 Å². The molecular weight excluding hydrogens is 442 g/mol. The average Bonchev–Trinajstić information content (AvgIpc) is 2.81. The van der Waals surface area contributed by atoms with Crippen molar-refractivity contribution < 1.29 is 48.8 Å². The van der Waals surface area contributed by atoms with Crippen molar-refractivity contribution >= 4 is 12.6 Å². The van der Waals surface area contributed by atoms with E-state index in [0.717, 1.165) is 0 Å². The van der Waals surface area contributed by atoms with Gasteiger partial charge >= 0.3 is 31.1 Å². The fourth-order valence-electron chi connectivity index (χ4n) is 2.89. The monoisotopic (exact) mass is 462 g/mol. The van der Waals surface area contributed by atoms with Crippen LogP contribution in [0.2, 0.25) is 0 Å². The maximum absolute atomic E-state index is 14.7. The number of halogens is 9. The largest absolute Gasteiger partial charge is 0.495 e. The highest BCUT2D eigenvalue weighted by Crippen LogP contribution is 2.56. The van der Waals surface area contributed by atoms with E-state index < -0.39 is 53.3 Å². The lowest BCUT2D eigenvalue weighted by Crippen LogP contribution is -2.61. The van der Waals surface area contributed by atoms with Gasteiger partial charge in [0.25, 0.3) is 0 Å². The molecule has 0 amide bonds. The van der Waals surface area contributed by atoms with Crippen LogP contribution >= 0.6 is 0 Å². The van der Waals surface area contributed by atoms with Gasteiger partial charge in [0.2, 0.25) is 0 Å². The van der Waals surface area contributed by atoms with Crippen LogP contribution in [0.3, 0.4) is 0 Å². The molecule has 0 atom stereocenters. The van der Waals surface area contributed by atoms with E-state index in [0.29, 0.717) is 6.92 Å². The summed E-state index contributed by atoms with van der Waals surface area (Å²) in [5.41, 5.74) is -4.92. The molecule has 1 fully saturated rings. The summed E-state index contributed by atoms with van der Waals surface area (Å²) in [4.78, 5) is 0. The van der Waals surface area contributed by atoms with Crippen molar-refractivity contribution in [2.75, 3.05) is 0 Å². The Labute approximate surface area is 173 Å². The van der Waals surface area contributed by atoms with Crippen molar-refractivity contribution in [2.45, 2.75) is 69.8 Å². The normalized spacial score (nSPS) is 20.6. The summed E-state index contributed by atoms with van der Waals surface area (Å²) in [5.74, 6) is -19.7. The molecule has 0 N–H and O–H groups in total. The fraction of sp³-hybridized carbons (Fsp3) is 0.579. The molecule has 12 heteroatoms. The Morgan fingerprint density at radius 3 is 1.55 bits per heavy atom. The van der Waals surface area contributed by atoms with Crippen LogP contribution < -0.4 is 0 Å². The van der Waals surface area contributed by atoms with Crippen LogP contribution in [0.15, 0.2) is 35.9 Å². The smallest absolute Gasteiger partial charge is 0.399 e. The highest BCUT2D eigenvalue weighted by Gasteiger charge is 2.82. The molecule has 0 unspecified atom stereocenters. The lowest BCUT2D eigenvalue weighted by atomic mass is 9.69. The van der Waals surface area contributed by atoms with Gasteiger partial charge in [-0.15, -0.1) is 0 Å². The SMILES string of the molecule is C/C(=C(\B1OC(C)(C)C(C)(C)O1)c1ccccc1)C(F)(F)C(F)(F)C(F)(F)C(F)(F)F. The predicted molar refractivity (Wildman–Crippen MR) is 96.0 cm³/mol. The van der Waals surface area contributed by atoms with Crippen molar-refractivity contribution in [1.82, 2.24) is 0 Å². The van der Waals surface area contributed by atoms with Crippen molar-refractivity contribution in [3.05, 3.63) is 41.5 Å². The molecule has 0 aromatic heterocycles. The third kappa shape index (κ3) is 3.97. The van der Waals surface area contributed by atoms with Gasteiger partial charge < -0.3 is 9.31 Å². The molecule has 1 aliphatic heterocycles. The molecule has 1 saturated heterocycles. The van der Waals surface area contributed by atoms with Crippen molar-refractivity contribution in [1.29, 1.82) is 0 Å². The van der Waals surface area contributed by atoms with Crippen LogP contribution in [0.4, 0.5) is 39.5 Å².